The van der Waals surface area contributed by atoms with Gasteiger partial charge in [-0.3, -0.25) is 4.79 Å². The van der Waals surface area contributed by atoms with Crippen molar-refractivity contribution in [3.63, 3.8) is 0 Å². The molecule has 0 aliphatic rings. The van der Waals surface area contributed by atoms with Crippen LogP contribution in [0.1, 0.15) is 27.3 Å². The first-order valence-corrected chi connectivity index (χ1v) is 9.07. The zero-order valence-electron chi connectivity index (χ0n) is 13.7. The third-order valence-corrected chi connectivity index (χ3v) is 5.50. The van der Waals surface area contributed by atoms with Crippen molar-refractivity contribution in [3.05, 3.63) is 44.8 Å². The van der Waals surface area contributed by atoms with Crippen LogP contribution in [0.2, 0.25) is 0 Å². The van der Waals surface area contributed by atoms with Crippen LogP contribution in [0.3, 0.4) is 0 Å². The number of carbonyl (C=O) groups excluding carboxylic acids is 1. The van der Waals surface area contributed by atoms with Gasteiger partial charge in [0.1, 0.15) is 11.1 Å². The summed E-state index contributed by atoms with van der Waals surface area (Å²) < 4.78 is 0. The van der Waals surface area contributed by atoms with Gasteiger partial charge in [0, 0.05) is 17.6 Å². The number of thiophene rings is 1. The van der Waals surface area contributed by atoms with E-state index in [0.29, 0.717) is 17.1 Å². The Morgan fingerprint density at radius 3 is 2.74 bits per heavy atom. The Labute approximate surface area is 145 Å². The third kappa shape index (κ3) is 4.34. The number of hydrogen-bond donors (Lipinski definition) is 0. The lowest BCUT2D eigenvalue weighted by Gasteiger charge is -2.17. The highest BCUT2D eigenvalue weighted by Gasteiger charge is 2.15. The molecular formula is C17H19N3OS2. The van der Waals surface area contributed by atoms with Crippen molar-refractivity contribution in [3.8, 4) is 6.07 Å². The molecule has 0 radical (unpaired) electrons. The number of thioether (sulfide) groups is 1. The smallest absolute Gasteiger partial charge is 0.233 e. The van der Waals surface area contributed by atoms with Crippen LogP contribution < -0.4 is 0 Å². The molecule has 0 atom stereocenters. The quantitative estimate of drug-likeness (QED) is 0.776. The van der Waals surface area contributed by atoms with Gasteiger partial charge in [0.25, 0.3) is 0 Å². The summed E-state index contributed by atoms with van der Waals surface area (Å²) in [6.45, 7) is 6.46. The molecule has 1 amide bonds. The average Bonchev–Trinajstić information content (AvgIpc) is 2.89. The molecule has 0 saturated heterocycles. The summed E-state index contributed by atoms with van der Waals surface area (Å²) in [5.74, 6) is 0.318. The maximum atomic E-state index is 12.3. The maximum absolute atomic E-state index is 12.3. The normalized spacial score (nSPS) is 10.4. The first-order valence-electron chi connectivity index (χ1n) is 7.20. The van der Waals surface area contributed by atoms with E-state index >= 15 is 0 Å². The fourth-order valence-corrected chi connectivity index (χ4v) is 4.15. The molecule has 2 heterocycles. The Hall–Kier alpha value is -1.84. The number of carbonyl (C=O) groups is 1. The van der Waals surface area contributed by atoms with Crippen LogP contribution in [0.5, 0.6) is 0 Å². The van der Waals surface area contributed by atoms with E-state index in [2.05, 4.69) is 24.0 Å². The highest BCUT2D eigenvalue weighted by Crippen LogP contribution is 2.24. The number of aromatic nitrogens is 1. The fourth-order valence-electron chi connectivity index (χ4n) is 2.15. The summed E-state index contributed by atoms with van der Waals surface area (Å²) in [4.78, 5) is 19.6. The Balaban J connectivity index is 2.02. The summed E-state index contributed by atoms with van der Waals surface area (Å²) in [5, 5.41) is 11.9. The number of rotatable bonds is 5. The molecule has 2 rings (SSSR count). The molecule has 0 N–H and O–H groups in total. The standard InChI is InChI=1S/C17H19N3OS2/c1-11-5-6-22-15(11)9-20(4)16(21)10-23-17-14(8-18)12(2)7-13(3)19-17/h5-7H,9-10H2,1-4H3. The van der Waals surface area contributed by atoms with E-state index in [1.165, 1.54) is 22.2 Å². The van der Waals surface area contributed by atoms with Crippen molar-refractivity contribution in [2.45, 2.75) is 32.3 Å². The first-order chi connectivity index (χ1) is 10.9. The molecule has 0 aromatic carbocycles. The summed E-state index contributed by atoms with van der Waals surface area (Å²) in [7, 11) is 1.81. The fraction of sp³-hybridized carbons (Fsp3) is 0.353. The largest absolute Gasteiger partial charge is 0.340 e. The van der Waals surface area contributed by atoms with Crippen LogP contribution in [0.4, 0.5) is 0 Å². The minimum atomic E-state index is 0.0349. The van der Waals surface area contributed by atoms with E-state index in [-0.39, 0.29) is 11.7 Å². The van der Waals surface area contributed by atoms with Crippen molar-refractivity contribution in [2.75, 3.05) is 12.8 Å². The van der Waals surface area contributed by atoms with Crippen LogP contribution >= 0.6 is 23.1 Å². The van der Waals surface area contributed by atoms with Gasteiger partial charge in [-0.2, -0.15) is 5.26 Å². The lowest BCUT2D eigenvalue weighted by atomic mass is 10.1. The van der Waals surface area contributed by atoms with Crippen molar-refractivity contribution in [1.82, 2.24) is 9.88 Å². The van der Waals surface area contributed by atoms with Gasteiger partial charge >= 0.3 is 0 Å². The monoisotopic (exact) mass is 345 g/mol. The Morgan fingerprint density at radius 2 is 2.13 bits per heavy atom. The second-order valence-electron chi connectivity index (χ2n) is 5.44. The molecule has 23 heavy (non-hydrogen) atoms. The number of aryl methyl sites for hydroxylation is 3. The zero-order chi connectivity index (χ0) is 17.0. The second-order valence-corrected chi connectivity index (χ2v) is 7.40. The first kappa shape index (κ1) is 17.5. The van der Waals surface area contributed by atoms with Crippen molar-refractivity contribution < 1.29 is 4.79 Å². The van der Waals surface area contributed by atoms with Gasteiger partial charge in [-0.1, -0.05) is 11.8 Å². The second kappa shape index (κ2) is 7.62. The van der Waals surface area contributed by atoms with E-state index in [4.69, 9.17) is 0 Å². The predicted octanol–water partition coefficient (Wildman–Crippen LogP) is 3.69. The SMILES string of the molecule is Cc1cc(C)c(C#N)c(SCC(=O)N(C)Cc2sccc2C)n1. The van der Waals surface area contributed by atoms with Crippen molar-refractivity contribution in [1.29, 1.82) is 5.26 Å². The van der Waals surface area contributed by atoms with E-state index in [9.17, 15) is 10.1 Å². The summed E-state index contributed by atoms with van der Waals surface area (Å²) in [6.07, 6.45) is 0. The molecule has 0 bridgehead atoms. The average molecular weight is 345 g/mol. The molecule has 0 aliphatic carbocycles. The maximum Gasteiger partial charge on any atom is 0.233 e. The minimum Gasteiger partial charge on any atom is -0.340 e. The predicted molar refractivity (Wildman–Crippen MR) is 94.7 cm³/mol. The molecule has 0 unspecified atom stereocenters. The van der Waals surface area contributed by atoms with Crippen LogP contribution in [0, 0.1) is 32.1 Å². The molecule has 2 aromatic rings. The van der Waals surface area contributed by atoms with Gasteiger partial charge in [-0.25, -0.2) is 4.98 Å². The van der Waals surface area contributed by atoms with E-state index < -0.39 is 0 Å². The number of nitriles is 1. The molecule has 0 spiro atoms. The van der Waals surface area contributed by atoms with Crippen LogP contribution in [0.15, 0.2) is 22.5 Å². The van der Waals surface area contributed by atoms with Gasteiger partial charge in [-0.05, 0) is 49.4 Å². The van der Waals surface area contributed by atoms with Gasteiger partial charge < -0.3 is 4.90 Å². The van der Waals surface area contributed by atoms with Gasteiger partial charge in [-0.15, -0.1) is 11.3 Å². The van der Waals surface area contributed by atoms with Gasteiger partial charge in [0.05, 0.1) is 17.9 Å². The lowest BCUT2D eigenvalue weighted by molar-refractivity contribution is -0.127. The van der Waals surface area contributed by atoms with E-state index in [1.54, 1.807) is 16.2 Å². The zero-order valence-corrected chi connectivity index (χ0v) is 15.3. The van der Waals surface area contributed by atoms with Crippen molar-refractivity contribution in [2.24, 2.45) is 0 Å². The molecule has 0 aliphatic heterocycles. The Morgan fingerprint density at radius 1 is 1.39 bits per heavy atom. The molecule has 0 saturated carbocycles. The van der Waals surface area contributed by atoms with Crippen LogP contribution in [-0.4, -0.2) is 28.6 Å². The number of pyridine rings is 1. The Kier molecular flexibility index (Phi) is 5.80. The molecule has 0 fully saturated rings. The lowest BCUT2D eigenvalue weighted by Crippen LogP contribution is -2.27. The number of hydrogen-bond acceptors (Lipinski definition) is 5. The van der Waals surface area contributed by atoms with Crippen LogP contribution in [0.25, 0.3) is 0 Å². The molecule has 2 aromatic heterocycles. The number of amides is 1. The van der Waals surface area contributed by atoms with Gasteiger partial charge in [0.2, 0.25) is 5.91 Å². The molecular weight excluding hydrogens is 326 g/mol. The topological polar surface area (TPSA) is 57.0 Å². The minimum absolute atomic E-state index is 0.0349. The summed E-state index contributed by atoms with van der Waals surface area (Å²) in [5.41, 5.74) is 3.53. The Bertz CT molecular complexity index is 762. The van der Waals surface area contributed by atoms with E-state index in [0.717, 1.165) is 11.3 Å². The summed E-state index contributed by atoms with van der Waals surface area (Å²) in [6, 6.07) is 6.13. The third-order valence-electron chi connectivity index (χ3n) is 3.53. The highest BCUT2D eigenvalue weighted by atomic mass is 32.2. The molecule has 6 heteroatoms. The van der Waals surface area contributed by atoms with E-state index in [1.807, 2.05) is 32.3 Å². The molecule has 120 valence electrons. The highest BCUT2D eigenvalue weighted by molar-refractivity contribution is 8.00. The number of nitrogens with zero attached hydrogens (tertiary/aromatic N) is 3. The van der Waals surface area contributed by atoms with Crippen molar-refractivity contribution >= 4 is 29.0 Å². The van der Waals surface area contributed by atoms with Crippen LogP contribution in [-0.2, 0) is 11.3 Å². The van der Waals surface area contributed by atoms with Gasteiger partial charge in [0.15, 0.2) is 0 Å². The summed E-state index contributed by atoms with van der Waals surface area (Å²) >= 11 is 3.00. The molecule has 4 nitrogen and oxygen atoms in total.